The van der Waals surface area contributed by atoms with Crippen molar-refractivity contribution in [1.29, 1.82) is 0 Å². The van der Waals surface area contributed by atoms with Gasteiger partial charge >= 0.3 is 6.03 Å². The van der Waals surface area contributed by atoms with Gasteiger partial charge in [-0.25, -0.2) is 4.79 Å². The Kier molecular flexibility index (Phi) is 6.19. The van der Waals surface area contributed by atoms with Crippen LogP contribution in [0.3, 0.4) is 0 Å². The first kappa shape index (κ1) is 18.1. The average molecular weight is 345 g/mol. The maximum absolute atomic E-state index is 12.7. The normalized spacial score (nSPS) is 23.2. The lowest BCUT2D eigenvalue weighted by atomic mass is 10.1. The fourth-order valence-corrected chi connectivity index (χ4v) is 4.05. The van der Waals surface area contributed by atoms with Gasteiger partial charge < -0.3 is 15.3 Å². The molecular weight excluding hydrogens is 314 g/mol. The number of phenolic OH excluding ortho intramolecular Hbond substituents is 1. The van der Waals surface area contributed by atoms with E-state index in [1.54, 1.807) is 12.1 Å². The summed E-state index contributed by atoms with van der Waals surface area (Å²) in [6.07, 6.45) is 6.90. The first-order chi connectivity index (χ1) is 12.1. The number of carbonyl (C=O) groups is 1. The zero-order valence-electron chi connectivity index (χ0n) is 15.3. The van der Waals surface area contributed by atoms with Gasteiger partial charge in [0.25, 0.3) is 0 Å². The van der Waals surface area contributed by atoms with E-state index in [9.17, 15) is 9.90 Å². The molecule has 0 saturated carbocycles. The SMILES string of the molecule is CC(Cc1ccc(O)cc1)NC(=O)N1CCCCC(N2CCCC2)C1. The molecule has 2 amide bonds. The number of nitrogens with zero attached hydrogens (tertiary/aromatic N) is 2. The molecule has 0 aliphatic carbocycles. The van der Waals surface area contributed by atoms with Gasteiger partial charge in [0.1, 0.15) is 5.75 Å². The van der Waals surface area contributed by atoms with Crippen LogP contribution in [0.25, 0.3) is 0 Å². The molecule has 0 radical (unpaired) electrons. The number of amides is 2. The van der Waals surface area contributed by atoms with Crippen LogP contribution in [0, 0.1) is 0 Å². The first-order valence-corrected chi connectivity index (χ1v) is 9.69. The van der Waals surface area contributed by atoms with E-state index >= 15 is 0 Å². The van der Waals surface area contributed by atoms with E-state index in [1.807, 2.05) is 24.0 Å². The second-order valence-corrected chi connectivity index (χ2v) is 7.56. The van der Waals surface area contributed by atoms with E-state index in [1.165, 1.54) is 38.8 Å². The predicted molar refractivity (Wildman–Crippen MR) is 99.8 cm³/mol. The van der Waals surface area contributed by atoms with Gasteiger partial charge in [-0.3, -0.25) is 4.90 Å². The van der Waals surface area contributed by atoms with Crippen LogP contribution in [0.15, 0.2) is 24.3 Å². The summed E-state index contributed by atoms with van der Waals surface area (Å²) >= 11 is 0. The summed E-state index contributed by atoms with van der Waals surface area (Å²) in [6.45, 7) is 6.15. The van der Waals surface area contributed by atoms with E-state index in [-0.39, 0.29) is 17.8 Å². The number of hydrogen-bond donors (Lipinski definition) is 2. The van der Waals surface area contributed by atoms with Gasteiger partial charge in [-0.05, 0) is 69.8 Å². The summed E-state index contributed by atoms with van der Waals surface area (Å²) in [6, 6.07) is 7.88. The summed E-state index contributed by atoms with van der Waals surface area (Å²) in [7, 11) is 0. The second kappa shape index (κ2) is 8.56. The van der Waals surface area contributed by atoms with Gasteiger partial charge in [0, 0.05) is 25.2 Å². The van der Waals surface area contributed by atoms with Gasteiger partial charge in [0.2, 0.25) is 0 Å². The number of phenols is 1. The minimum absolute atomic E-state index is 0.0670. The molecule has 2 N–H and O–H groups in total. The zero-order valence-corrected chi connectivity index (χ0v) is 15.3. The summed E-state index contributed by atoms with van der Waals surface area (Å²) in [4.78, 5) is 17.3. The summed E-state index contributed by atoms with van der Waals surface area (Å²) in [5.41, 5.74) is 1.12. The molecule has 3 rings (SSSR count). The Morgan fingerprint density at radius 3 is 2.56 bits per heavy atom. The first-order valence-electron chi connectivity index (χ1n) is 9.69. The molecule has 5 nitrogen and oxygen atoms in total. The van der Waals surface area contributed by atoms with Crippen LogP contribution in [0.1, 0.15) is 44.6 Å². The topological polar surface area (TPSA) is 55.8 Å². The van der Waals surface area contributed by atoms with E-state index < -0.39 is 0 Å². The van der Waals surface area contributed by atoms with Crippen LogP contribution in [0.5, 0.6) is 5.75 Å². The number of aromatic hydroxyl groups is 1. The zero-order chi connectivity index (χ0) is 17.6. The van der Waals surface area contributed by atoms with Crippen molar-refractivity contribution in [2.45, 2.75) is 57.5 Å². The van der Waals surface area contributed by atoms with Crippen molar-refractivity contribution in [3.05, 3.63) is 29.8 Å². The van der Waals surface area contributed by atoms with Crippen molar-refractivity contribution in [3.8, 4) is 5.75 Å². The lowest BCUT2D eigenvalue weighted by Crippen LogP contribution is -2.49. The highest BCUT2D eigenvalue weighted by molar-refractivity contribution is 5.74. The van der Waals surface area contributed by atoms with Crippen molar-refractivity contribution in [3.63, 3.8) is 0 Å². The summed E-state index contributed by atoms with van der Waals surface area (Å²) < 4.78 is 0. The number of likely N-dealkylation sites (tertiary alicyclic amines) is 2. The van der Waals surface area contributed by atoms with Gasteiger partial charge in [-0.2, -0.15) is 0 Å². The molecule has 2 fully saturated rings. The monoisotopic (exact) mass is 345 g/mol. The predicted octanol–water partition coefficient (Wildman–Crippen LogP) is 2.98. The molecule has 138 valence electrons. The minimum Gasteiger partial charge on any atom is -0.508 e. The van der Waals surface area contributed by atoms with Gasteiger partial charge in [0.15, 0.2) is 0 Å². The Bertz CT molecular complexity index is 555. The Labute approximate surface area is 151 Å². The molecule has 0 aromatic heterocycles. The van der Waals surface area contributed by atoms with Crippen molar-refractivity contribution in [2.75, 3.05) is 26.2 Å². The Morgan fingerprint density at radius 1 is 1.16 bits per heavy atom. The third-order valence-electron chi connectivity index (χ3n) is 5.44. The average Bonchev–Trinajstić information content (AvgIpc) is 3.01. The third-order valence-corrected chi connectivity index (χ3v) is 5.44. The standard InChI is InChI=1S/C20H31N3O2/c1-16(14-17-7-9-19(24)10-8-17)21-20(25)23-13-3-2-6-18(15-23)22-11-4-5-12-22/h7-10,16,18,24H,2-6,11-15H2,1H3,(H,21,25). The molecule has 2 atom stereocenters. The van der Waals surface area contributed by atoms with Crippen molar-refractivity contribution >= 4 is 6.03 Å². The molecule has 0 spiro atoms. The highest BCUT2D eigenvalue weighted by atomic mass is 16.3. The maximum Gasteiger partial charge on any atom is 0.317 e. The lowest BCUT2D eigenvalue weighted by molar-refractivity contribution is 0.164. The molecule has 2 unspecified atom stereocenters. The summed E-state index contributed by atoms with van der Waals surface area (Å²) in [5, 5.41) is 12.5. The van der Waals surface area contributed by atoms with Crippen LogP contribution in [0.4, 0.5) is 4.79 Å². The van der Waals surface area contributed by atoms with E-state index in [4.69, 9.17) is 0 Å². The number of hydrogen-bond acceptors (Lipinski definition) is 3. The molecule has 1 aromatic rings. The number of urea groups is 1. The molecule has 1 aromatic carbocycles. The highest BCUT2D eigenvalue weighted by Crippen LogP contribution is 2.20. The molecule has 25 heavy (non-hydrogen) atoms. The molecular formula is C20H31N3O2. The van der Waals surface area contributed by atoms with Crippen molar-refractivity contribution in [1.82, 2.24) is 15.1 Å². The smallest absolute Gasteiger partial charge is 0.317 e. The van der Waals surface area contributed by atoms with E-state index in [2.05, 4.69) is 10.2 Å². The molecule has 2 saturated heterocycles. The maximum atomic E-state index is 12.7. The second-order valence-electron chi connectivity index (χ2n) is 7.56. The lowest BCUT2D eigenvalue weighted by Gasteiger charge is -2.31. The van der Waals surface area contributed by atoms with E-state index in [0.29, 0.717) is 6.04 Å². The number of benzene rings is 1. The molecule has 0 bridgehead atoms. The van der Waals surface area contributed by atoms with Crippen LogP contribution in [-0.4, -0.2) is 59.2 Å². The van der Waals surface area contributed by atoms with Gasteiger partial charge in [0.05, 0.1) is 0 Å². The van der Waals surface area contributed by atoms with Crippen LogP contribution >= 0.6 is 0 Å². The summed E-state index contributed by atoms with van der Waals surface area (Å²) in [5.74, 6) is 0.276. The van der Waals surface area contributed by atoms with E-state index in [0.717, 1.165) is 31.5 Å². The fraction of sp³-hybridized carbons (Fsp3) is 0.650. The number of rotatable bonds is 4. The third kappa shape index (κ3) is 5.11. The Hall–Kier alpha value is -1.75. The van der Waals surface area contributed by atoms with Crippen LogP contribution in [-0.2, 0) is 6.42 Å². The number of nitrogens with one attached hydrogen (secondary N) is 1. The molecule has 2 aliphatic rings. The van der Waals surface area contributed by atoms with Crippen molar-refractivity contribution < 1.29 is 9.90 Å². The Morgan fingerprint density at radius 2 is 1.84 bits per heavy atom. The fourth-order valence-electron chi connectivity index (χ4n) is 4.05. The van der Waals surface area contributed by atoms with Gasteiger partial charge in [-0.1, -0.05) is 18.6 Å². The van der Waals surface area contributed by atoms with Crippen LogP contribution < -0.4 is 5.32 Å². The quantitative estimate of drug-likeness (QED) is 0.882. The number of carbonyl (C=O) groups excluding carboxylic acids is 1. The largest absolute Gasteiger partial charge is 0.508 e. The highest BCUT2D eigenvalue weighted by Gasteiger charge is 2.28. The van der Waals surface area contributed by atoms with Crippen molar-refractivity contribution in [2.24, 2.45) is 0 Å². The van der Waals surface area contributed by atoms with Gasteiger partial charge in [-0.15, -0.1) is 0 Å². The molecule has 5 heteroatoms. The minimum atomic E-state index is 0.0670. The molecule has 2 heterocycles. The molecule has 2 aliphatic heterocycles. The Balaban J connectivity index is 1.52. The van der Waals surface area contributed by atoms with Crippen LogP contribution in [0.2, 0.25) is 0 Å².